The highest BCUT2D eigenvalue weighted by Gasteiger charge is 2.27. The standard InChI is InChI=1S/C62H117N2O6P/c1-6-8-10-12-14-16-18-20-22-23-24-25-26-27-28-29-30-31-32-33-34-35-36-37-38-39-40-41-42-44-46-48-50-52-54-56-62(66)63-60(59-70-71(67,68)69-58-57-64(3,4)5)61(65)55-53-51-49-47-45-43-21-19-17-15-13-11-9-7-2/h18,20,23-24,26-27,45,47,53,55,60-61,65H,6-17,19,21-22,25,28-44,46,48-52,54,56-59H2,1-5H3,(H-,63,66,67,68)/p+1/b20-18-,24-23-,27-26-,47-45+,55-53+. The average molecular weight is 1020 g/mol. The summed E-state index contributed by atoms with van der Waals surface area (Å²) in [5, 5.41) is 13.9. The smallest absolute Gasteiger partial charge is 0.387 e. The zero-order chi connectivity index (χ0) is 52.0. The van der Waals surface area contributed by atoms with E-state index in [1.165, 1.54) is 205 Å². The molecule has 71 heavy (non-hydrogen) atoms. The normalized spacial score (nSPS) is 14.3. The van der Waals surface area contributed by atoms with Gasteiger partial charge in [-0.2, -0.15) is 0 Å². The summed E-state index contributed by atoms with van der Waals surface area (Å²) in [6, 6.07) is -0.863. The summed E-state index contributed by atoms with van der Waals surface area (Å²) in [6.45, 7) is 4.79. The summed E-state index contributed by atoms with van der Waals surface area (Å²) in [5.41, 5.74) is 0. The number of rotatable bonds is 55. The number of amides is 1. The Balaban J connectivity index is 4.01. The molecule has 0 aromatic heterocycles. The van der Waals surface area contributed by atoms with E-state index in [-0.39, 0.29) is 19.1 Å². The first kappa shape index (κ1) is 69.2. The minimum atomic E-state index is -4.35. The number of phosphoric ester groups is 1. The van der Waals surface area contributed by atoms with Crippen molar-refractivity contribution >= 4 is 13.7 Å². The molecule has 0 heterocycles. The number of aliphatic hydroxyl groups is 1. The number of allylic oxidation sites excluding steroid dienone is 9. The third kappa shape index (κ3) is 55.8. The van der Waals surface area contributed by atoms with Crippen molar-refractivity contribution in [2.75, 3.05) is 40.9 Å². The summed E-state index contributed by atoms with van der Waals surface area (Å²) in [5.74, 6) is -0.185. The van der Waals surface area contributed by atoms with Gasteiger partial charge in [-0.15, -0.1) is 0 Å². The van der Waals surface area contributed by atoms with Crippen LogP contribution < -0.4 is 5.32 Å². The molecule has 0 aliphatic carbocycles. The zero-order valence-corrected chi connectivity index (χ0v) is 48.4. The number of nitrogens with one attached hydrogen (secondary N) is 1. The molecule has 0 aliphatic rings. The van der Waals surface area contributed by atoms with Crippen LogP contribution in [0.5, 0.6) is 0 Å². The van der Waals surface area contributed by atoms with E-state index in [1.54, 1.807) is 6.08 Å². The predicted octanol–water partition coefficient (Wildman–Crippen LogP) is 18.5. The van der Waals surface area contributed by atoms with Crippen LogP contribution in [0.3, 0.4) is 0 Å². The third-order valence-corrected chi connectivity index (χ3v) is 14.4. The molecule has 0 aliphatic heterocycles. The van der Waals surface area contributed by atoms with Gasteiger partial charge in [0.2, 0.25) is 5.91 Å². The fourth-order valence-electron chi connectivity index (χ4n) is 8.71. The second-order valence-corrected chi connectivity index (χ2v) is 23.2. The van der Waals surface area contributed by atoms with Gasteiger partial charge in [-0.3, -0.25) is 13.8 Å². The molecular formula is C62H118N2O6P+. The molecule has 0 aromatic carbocycles. The number of likely N-dealkylation sites (N-methyl/N-ethyl adjacent to an activating group) is 1. The second kappa shape index (κ2) is 53.0. The SMILES string of the molecule is CCCCCCC/C=C\C/C=C\C/C=C\CCCCCCCCCCCCCCCCCCCCCCC(=O)NC(COP(=O)(O)OCC[N+](C)(C)C)C(O)/C=C/CC/C=C/CCCCCCCCCC. The predicted molar refractivity (Wildman–Crippen MR) is 309 cm³/mol. The Kier molecular flexibility index (Phi) is 51.7. The van der Waals surface area contributed by atoms with Crippen LogP contribution in [0.15, 0.2) is 60.8 Å². The minimum Gasteiger partial charge on any atom is -0.387 e. The first-order valence-electron chi connectivity index (χ1n) is 30.2. The van der Waals surface area contributed by atoms with E-state index in [2.05, 4.69) is 67.8 Å². The van der Waals surface area contributed by atoms with Gasteiger partial charge in [0.25, 0.3) is 0 Å². The lowest BCUT2D eigenvalue weighted by atomic mass is 10.0. The van der Waals surface area contributed by atoms with Crippen molar-refractivity contribution < 1.29 is 32.9 Å². The number of quaternary nitrogens is 1. The molecule has 0 rings (SSSR count). The summed E-state index contributed by atoms with van der Waals surface area (Å²) < 4.78 is 23.7. The van der Waals surface area contributed by atoms with E-state index in [4.69, 9.17) is 9.05 Å². The highest BCUT2D eigenvalue weighted by molar-refractivity contribution is 7.47. The molecule has 0 spiro atoms. The fraction of sp³-hybridized carbons (Fsp3) is 0.823. The molecule has 0 saturated heterocycles. The van der Waals surface area contributed by atoms with Gasteiger partial charge in [0.05, 0.1) is 39.9 Å². The van der Waals surface area contributed by atoms with Crippen LogP contribution in [0, 0.1) is 0 Å². The lowest BCUT2D eigenvalue weighted by molar-refractivity contribution is -0.870. The minimum absolute atomic E-state index is 0.0560. The lowest BCUT2D eigenvalue weighted by Crippen LogP contribution is -2.45. The largest absolute Gasteiger partial charge is 0.472 e. The van der Waals surface area contributed by atoms with Crippen molar-refractivity contribution in [3.05, 3.63) is 60.8 Å². The maximum Gasteiger partial charge on any atom is 0.472 e. The summed E-state index contributed by atoms with van der Waals surface area (Å²) in [7, 11) is 1.56. The number of phosphoric acid groups is 1. The van der Waals surface area contributed by atoms with Gasteiger partial charge in [0.1, 0.15) is 13.2 Å². The molecule has 8 nitrogen and oxygen atoms in total. The quantitative estimate of drug-likeness (QED) is 0.0243. The highest BCUT2D eigenvalue weighted by atomic mass is 31.2. The number of carbonyl (C=O) groups excluding carboxylic acids is 1. The Morgan fingerprint density at radius 1 is 0.479 bits per heavy atom. The number of nitrogens with zero attached hydrogens (tertiary/aromatic N) is 1. The van der Waals surface area contributed by atoms with Gasteiger partial charge < -0.3 is 19.8 Å². The van der Waals surface area contributed by atoms with Crippen molar-refractivity contribution in [1.29, 1.82) is 0 Å². The van der Waals surface area contributed by atoms with Crippen molar-refractivity contribution in [1.82, 2.24) is 5.32 Å². The van der Waals surface area contributed by atoms with Crippen LogP contribution in [0.2, 0.25) is 0 Å². The Hall–Kier alpha value is -1.80. The van der Waals surface area contributed by atoms with E-state index in [9.17, 15) is 19.4 Å². The summed E-state index contributed by atoms with van der Waals surface area (Å²) in [4.78, 5) is 23.3. The topological polar surface area (TPSA) is 105 Å². The number of carbonyl (C=O) groups is 1. The molecule has 416 valence electrons. The average Bonchev–Trinajstić information content (AvgIpc) is 3.33. The lowest BCUT2D eigenvalue weighted by Gasteiger charge is -2.25. The Morgan fingerprint density at radius 3 is 1.23 bits per heavy atom. The highest BCUT2D eigenvalue weighted by Crippen LogP contribution is 2.43. The van der Waals surface area contributed by atoms with Gasteiger partial charge in [0, 0.05) is 6.42 Å². The zero-order valence-electron chi connectivity index (χ0n) is 47.5. The van der Waals surface area contributed by atoms with Crippen LogP contribution in [-0.4, -0.2) is 73.4 Å². The molecule has 3 unspecified atom stereocenters. The Labute approximate surface area is 441 Å². The summed E-state index contributed by atoms with van der Waals surface area (Å²) >= 11 is 0. The molecule has 9 heteroatoms. The first-order valence-corrected chi connectivity index (χ1v) is 31.7. The molecular weight excluding hydrogens is 900 g/mol. The van der Waals surface area contributed by atoms with Gasteiger partial charge in [-0.25, -0.2) is 4.57 Å². The summed E-state index contributed by atoms with van der Waals surface area (Å²) in [6.07, 6.45) is 72.0. The van der Waals surface area contributed by atoms with E-state index in [0.717, 1.165) is 51.4 Å². The Morgan fingerprint density at radius 2 is 0.817 bits per heavy atom. The van der Waals surface area contributed by atoms with E-state index in [1.807, 2.05) is 27.2 Å². The molecule has 0 aromatic rings. The van der Waals surface area contributed by atoms with Crippen LogP contribution in [0.25, 0.3) is 0 Å². The van der Waals surface area contributed by atoms with E-state index >= 15 is 0 Å². The van der Waals surface area contributed by atoms with E-state index < -0.39 is 20.0 Å². The van der Waals surface area contributed by atoms with Crippen molar-refractivity contribution in [2.45, 2.75) is 289 Å². The molecule has 1 amide bonds. The fourth-order valence-corrected chi connectivity index (χ4v) is 9.45. The van der Waals surface area contributed by atoms with Crippen molar-refractivity contribution in [2.24, 2.45) is 0 Å². The molecule has 3 N–H and O–H groups in total. The third-order valence-electron chi connectivity index (χ3n) is 13.5. The van der Waals surface area contributed by atoms with Gasteiger partial charge in [-0.05, 0) is 70.6 Å². The molecule has 0 fully saturated rings. The molecule has 3 atom stereocenters. The maximum atomic E-state index is 13.0. The number of unbranched alkanes of at least 4 members (excludes halogenated alkanes) is 34. The van der Waals surface area contributed by atoms with Crippen LogP contribution in [-0.2, 0) is 18.4 Å². The van der Waals surface area contributed by atoms with Crippen LogP contribution >= 0.6 is 7.82 Å². The van der Waals surface area contributed by atoms with Crippen LogP contribution in [0.4, 0.5) is 0 Å². The van der Waals surface area contributed by atoms with Gasteiger partial charge in [-0.1, -0.05) is 261 Å². The van der Waals surface area contributed by atoms with Gasteiger partial charge >= 0.3 is 7.82 Å². The van der Waals surface area contributed by atoms with Crippen LogP contribution in [0.1, 0.15) is 277 Å². The van der Waals surface area contributed by atoms with Crippen molar-refractivity contribution in [3.8, 4) is 0 Å². The molecule has 0 saturated carbocycles. The number of hydrogen-bond acceptors (Lipinski definition) is 5. The number of aliphatic hydroxyl groups excluding tert-OH is 1. The Bertz CT molecular complexity index is 1340. The van der Waals surface area contributed by atoms with E-state index in [0.29, 0.717) is 17.4 Å². The molecule has 0 bridgehead atoms. The second-order valence-electron chi connectivity index (χ2n) is 21.7. The first-order chi connectivity index (χ1) is 34.5. The number of hydrogen-bond donors (Lipinski definition) is 3. The van der Waals surface area contributed by atoms with Crippen molar-refractivity contribution in [3.63, 3.8) is 0 Å². The maximum absolute atomic E-state index is 13.0. The molecule has 0 radical (unpaired) electrons. The van der Waals surface area contributed by atoms with Gasteiger partial charge in [0.15, 0.2) is 0 Å². The monoisotopic (exact) mass is 1020 g/mol.